The second kappa shape index (κ2) is 14.0. The second-order valence-corrected chi connectivity index (χ2v) is 11.5. The predicted molar refractivity (Wildman–Crippen MR) is 162 cm³/mol. The maximum absolute atomic E-state index is 13.6. The first-order valence-corrected chi connectivity index (χ1v) is 14.8. The van der Waals surface area contributed by atoms with Gasteiger partial charge in [-0.2, -0.15) is 9.97 Å². The van der Waals surface area contributed by atoms with Gasteiger partial charge in [0.05, 0.1) is 0 Å². The molecule has 2 heterocycles. The summed E-state index contributed by atoms with van der Waals surface area (Å²) < 4.78 is 7.73. The third-order valence-corrected chi connectivity index (χ3v) is 7.94. The summed E-state index contributed by atoms with van der Waals surface area (Å²) in [5, 5.41) is 8.11. The Bertz CT molecular complexity index is 1460. The minimum atomic E-state index is -0.518. The normalized spacial score (nSPS) is 14.4. The molecule has 1 amide bonds. The Morgan fingerprint density at radius 3 is 2.61 bits per heavy atom. The van der Waals surface area contributed by atoms with Gasteiger partial charge in [0.2, 0.25) is 5.91 Å². The summed E-state index contributed by atoms with van der Waals surface area (Å²) in [6, 6.07) is 14.1. The van der Waals surface area contributed by atoms with E-state index in [1.807, 2.05) is 30.3 Å². The zero-order valence-electron chi connectivity index (χ0n) is 22.4. The zero-order chi connectivity index (χ0) is 28.6. The van der Waals surface area contributed by atoms with Crippen molar-refractivity contribution in [3.05, 3.63) is 93.4 Å². The van der Waals surface area contributed by atoms with E-state index in [2.05, 4.69) is 25.6 Å². The Hall–Kier alpha value is -3.33. The minimum absolute atomic E-state index is 0.134. The van der Waals surface area contributed by atoms with Gasteiger partial charge in [-0.1, -0.05) is 85.1 Å². The quantitative estimate of drug-likeness (QED) is 0.185. The van der Waals surface area contributed by atoms with Crippen LogP contribution in [0.5, 0.6) is 6.01 Å². The highest BCUT2D eigenvalue weighted by Crippen LogP contribution is 2.29. The highest BCUT2D eigenvalue weighted by atomic mass is 35.5. The van der Waals surface area contributed by atoms with Crippen LogP contribution in [0.25, 0.3) is 5.82 Å². The molecule has 5 rings (SSSR count). The van der Waals surface area contributed by atoms with Crippen molar-refractivity contribution in [2.24, 2.45) is 5.92 Å². The van der Waals surface area contributed by atoms with Crippen LogP contribution in [-0.4, -0.2) is 31.5 Å². The number of aromatic nitrogens is 4. The summed E-state index contributed by atoms with van der Waals surface area (Å²) in [7, 11) is 0. The molecule has 1 atom stereocenters. The van der Waals surface area contributed by atoms with Gasteiger partial charge in [-0.3, -0.25) is 9.36 Å². The molecule has 2 aromatic heterocycles. The number of anilines is 1. The number of halogens is 3. The summed E-state index contributed by atoms with van der Waals surface area (Å²) >= 11 is 18.5. The molecule has 11 heteroatoms. The van der Waals surface area contributed by atoms with E-state index in [0.29, 0.717) is 39.0 Å². The van der Waals surface area contributed by atoms with Crippen molar-refractivity contribution in [2.45, 2.75) is 57.7 Å². The highest BCUT2D eigenvalue weighted by molar-refractivity contribution is 6.35. The van der Waals surface area contributed by atoms with Crippen molar-refractivity contribution >= 4 is 46.5 Å². The summed E-state index contributed by atoms with van der Waals surface area (Å²) in [6.45, 7) is 0.525. The average Bonchev–Trinajstić information content (AvgIpc) is 3.51. The molecule has 1 aliphatic carbocycles. The van der Waals surface area contributed by atoms with Gasteiger partial charge in [-0.25, -0.2) is 4.98 Å². The van der Waals surface area contributed by atoms with Crippen LogP contribution >= 0.6 is 34.8 Å². The van der Waals surface area contributed by atoms with Crippen LogP contribution in [0, 0.1) is 5.92 Å². The van der Waals surface area contributed by atoms with Crippen molar-refractivity contribution < 1.29 is 9.53 Å². The number of rotatable bonds is 11. The SMILES string of the molecule is O=C(NCc1ccc(Cl)cc1Cl)[C@@H](CC1CCCCC1)Nc1cc(-n2ccnc2)nc(OCc2cccc(Cl)c2)n1. The van der Waals surface area contributed by atoms with Gasteiger partial charge < -0.3 is 15.4 Å². The van der Waals surface area contributed by atoms with Crippen LogP contribution in [0.1, 0.15) is 49.7 Å². The maximum Gasteiger partial charge on any atom is 0.320 e. The number of hydrogen-bond acceptors (Lipinski definition) is 6. The van der Waals surface area contributed by atoms with E-state index in [1.165, 1.54) is 19.3 Å². The van der Waals surface area contributed by atoms with Gasteiger partial charge in [-0.05, 0) is 47.7 Å². The fourth-order valence-electron chi connectivity index (χ4n) is 4.99. The van der Waals surface area contributed by atoms with Crippen LogP contribution < -0.4 is 15.4 Å². The van der Waals surface area contributed by atoms with E-state index in [0.717, 1.165) is 24.0 Å². The number of benzene rings is 2. The lowest BCUT2D eigenvalue weighted by atomic mass is 9.84. The lowest BCUT2D eigenvalue weighted by molar-refractivity contribution is -0.122. The van der Waals surface area contributed by atoms with Crippen LogP contribution in [0.3, 0.4) is 0 Å². The Morgan fingerprint density at radius 2 is 1.85 bits per heavy atom. The van der Waals surface area contributed by atoms with Gasteiger partial charge in [0, 0.05) is 40.1 Å². The first-order chi connectivity index (χ1) is 19.9. The molecule has 0 bridgehead atoms. The zero-order valence-corrected chi connectivity index (χ0v) is 24.7. The molecule has 2 N–H and O–H groups in total. The third-order valence-electron chi connectivity index (χ3n) is 7.12. The fraction of sp³-hybridized carbons (Fsp3) is 0.333. The number of imidazole rings is 1. The molecule has 0 saturated heterocycles. The number of amides is 1. The standard InChI is InChI=1S/C30H31Cl3N6O2/c31-23-8-4-7-21(13-23)18-41-30-37-27(16-28(38-30)39-12-11-34-19-39)36-26(14-20-5-2-1-3-6-20)29(40)35-17-22-9-10-24(32)15-25(22)33/h4,7-13,15-16,19-20,26H,1-3,5-6,14,17-18H2,(H,35,40)(H,36,37,38)/t26-/m1/s1. The topological polar surface area (TPSA) is 94.0 Å². The molecule has 1 aliphatic rings. The minimum Gasteiger partial charge on any atom is -0.458 e. The van der Waals surface area contributed by atoms with Crippen molar-refractivity contribution in [1.82, 2.24) is 24.8 Å². The number of carbonyl (C=O) groups is 1. The van der Waals surface area contributed by atoms with E-state index in [1.54, 1.807) is 41.5 Å². The number of nitrogens with zero attached hydrogens (tertiary/aromatic N) is 4. The molecular formula is C30H31Cl3N6O2. The molecule has 4 aromatic rings. The first-order valence-electron chi connectivity index (χ1n) is 13.7. The second-order valence-electron chi connectivity index (χ2n) is 10.2. The van der Waals surface area contributed by atoms with Crippen molar-refractivity contribution in [3.63, 3.8) is 0 Å². The molecule has 0 radical (unpaired) electrons. The molecule has 0 spiro atoms. The van der Waals surface area contributed by atoms with E-state index in [4.69, 9.17) is 39.5 Å². The van der Waals surface area contributed by atoms with E-state index >= 15 is 0 Å². The maximum atomic E-state index is 13.6. The number of ether oxygens (including phenoxy) is 1. The molecular weight excluding hydrogens is 583 g/mol. The van der Waals surface area contributed by atoms with E-state index < -0.39 is 6.04 Å². The van der Waals surface area contributed by atoms with Gasteiger partial charge in [-0.15, -0.1) is 0 Å². The lowest BCUT2D eigenvalue weighted by Gasteiger charge is -2.27. The van der Waals surface area contributed by atoms with E-state index in [9.17, 15) is 4.79 Å². The van der Waals surface area contributed by atoms with Gasteiger partial charge in [0.1, 0.15) is 30.6 Å². The average molecular weight is 614 g/mol. The predicted octanol–water partition coefficient (Wildman–Crippen LogP) is 7.27. The number of nitrogens with one attached hydrogen (secondary N) is 2. The third kappa shape index (κ3) is 8.35. The van der Waals surface area contributed by atoms with Crippen LogP contribution in [0.15, 0.2) is 67.3 Å². The molecule has 214 valence electrons. The number of hydrogen-bond donors (Lipinski definition) is 2. The molecule has 1 fully saturated rings. The molecule has 2 aromatic carbocycles. The monoisotopic (exact) mass is 612 g/mol. The number of carbonyl (C=O) groups excluding carboxylic acids is 1. The van der Waals surface area contributed by atoms with Gasteiger partial charge in [0.25, 0.3) is 0 Å². The summed E-state index contributed by atoms with van der Waals surface area (Å²) in [5.74, 6) is 1.35. The van der Waals surface area contributed by atoms with Crippen LogP contribution in [-0.2, 0) is 17.9 Å². The Balaban J connectivity index is 1.37. The van der Waals surface area contributed by atoms with Gasteiger partial charge >= 0.3 is 6.01 Å². The Morgan fingerprint density at radius 1 is 1.02 bits per heavy atom. The summed E-state index contributed by atoms with van der Waals surface area (Å²) in [4.78, 5) is 26.9. The Labute approximate surface area is 254 Å². The van der Waals surface area contributed by atoms with Crippen LogP contribution in [0.4, 0.5) is 5.82 Å². The first kappa shape index (κ1) is 29.2. The van der Waals surface area contributed by atoms with Crippen molar-refractivity contribution in [3.8, 4) is 11.8 Å². The molecule has 0 unspecified atom stereocenters. The largest absolute Gasteiger partial charge is 0.458 e. The van der Waals surface area contributed by atoms with Gasteiger partial charge in [0.15, 0.2) is 0 Å². The molecule has 8 nitrogen and oxygen atoms in total. The fourth-order valence-corrected chi connectivity index (χ4v) is 5.68. The molecule has 1 saturated carbocycles. The van der Waals surface area contributed by atoms with Crippen LogP contribution in [0.2, 0.25) is 15.1 Å². The van der Waals surface area contributed by atoms with Crippen molar-refractivity contribution in [2.75, 3.05) is 5.32 Å². The molecule has 41 heavy (non-hydrogen) atoms. The van der Waals surface area contributed by atoms with E-state index in [-0.39, 0.29) is 25.1 Å². The highest BCUT2D eigenvalue weighted by Gasteiger charge is 2.25. The van der Waals surface area contributed by atoms with Crippen molar-refractivity contribution in [1.29, 1.82) is 0 Å². The lowest BCUT2D eigenvalue weighted by Crippen LogP contribution is -2.41. The molecule has 0 aliphatic heterocycles. The smallest absolute Gasteiger partial charge is 0.320 e. The summed E-state index contributed by atoms with van der Waals surface area (Å²) in [5.41, 5.74) is 1.68. The Kier molecular flexibility index (Phi) is 9.98. The summed E-state index contributed by atoms with van der Waals surface area (Å²) in [6.07, 6.45) is 11.6.